The fourth-order valence-electron chi connectivity index (χ4n) is 1.95. The zero-order valence-electron chi connectivity index (χ0n) is 10.0. The average molecular weight is 236 g/mol. The van der Waals surface area contributed by atoms with Crippen molar-refractivity contribution in [1.29, 1.82) is 0 Å². The van der Waals surface area contributed by atoms with Crippen LogP contribution in [0.3, 0.4) is 0 Å². The molecule has 0 saturated heterocycles. The minimum atomic E-state index is 0.622. The molecule has 0 amide bonds. The first-order valence-corrected chi connectivity index (χ1v) is 5.66. The highest BCUT2D eigenvalue weighted by atomic mass is 15.0. The van der Waals surface area contributed by atoms with Crippen molar-refractivity contribution in [3.63, 3.8) is 0 Å². The summed E-state index contributed by atoms with van der Waals surface area (Å²) < 4.78 is 1.88. The molecule has 0 bridgehead atoms. The Morgan fingerprint density at radius 2 is 2.22 bits per heavy atom. The van der Waals surface area contributed by atoms with Gasteiger partial charge >= 0.3 is 0 Å². The molecule has 2 aromatic rings. The van der Waals surface area contributed by atoms with Gasteiger partial charge < -0.3 is 10.3 Å². The molecule has 0 saturated carbocycles. The van der Waals surface area contributed by atoms with Gasteiger partial charge in [-0.2, -0.15) is 0 Å². The molecule has 18 heavy (non-hydrogen) atoms. The number of benzene rings is 1. The Morgan fingerprint density at radius 1 is 1.33 bits per heavy atom. The SMILES string of the molecule is Cn1cncc1C#CC1=NCc2c(N)cccc21. The molecule has 3 rings (SSSR count). The third-order valence-corrected chi connectivity index (χ3v) is 2.99. The van der Waals surface area contributed by atoms with Gasteiger partial charge in [-0.25, -0.2) is 4.98 Å². The van der Waals surface area contributed by atoms with Gasteiger partial charge in [-0.05, 0) is 17.9 Å². The summed E-state index contributed by atoms with van der Waals surface area (Å²) in [6.07, 6.45) is 3.47. The average Bonchev–Trinajstić information content (AvgIpc) is 2.94. The smallest absolute Gasteiger partial charge is 0.116 e. The summed E-state index contributed by atoms with van der Waals surface area (Å²) in [7, 11) is 1.92. The highest BCUT2D eigenvalue weighted by Gasteiger charge is 2.15. The number of hydrogen-bond donors (Lipinski definition) is 1. The summed E-state index contributed by atoms with van der Waals surface area (Å²) in [5.74, 6) is 6.17. The van der Waals surface area contributed by atoms with Crippen LogP contribution in [0.4, 0.5) is 5.69 Å². The van der Waals surface area contributed by atoms with Gasteiger partial charge in [-0.3, -0.25) is 4.99 Å². The lowest BCUT2D eigenvalue weighted by Gasteiger charge is -2.01. The summed E-state index contributed by atoms with van der Waals surface area (Å²) >= 11 is 0. The Kier molecular flexibility index (Phi) is 2.38. The minimum Gasteiger partial charge on any atom is -0.398 e. The summed E-state index contributed by atoms with van der Waals surface area (Å²) in [4.78, 5) is 8.45. The number of nitrogen functional groups attached to an aromatic ring is 1. The summed E-state index contributed by atoms with van der Waals surface area (Å²) in [6, 6.07) is 5.84. The van der Waals surface area contributed by atoms with E-state index >= 15 is 0 Å². The molecular weight excluding hydrogens is 224 g/mol. The van der Waals surface area contributed by atoms with E-state index in [0.717, 1.165) is 28.2 Å². The van der Waals surface area contributed by atoms with E-state index in [1.807, 2.05) is 29.8 Å². The standard InChI is InChI=1S/C14H12N4/c1-18-9-16-7-10(18)5-6-14-11-3-2-4-13(15)12(11)8-17-14/h2-4,7,9H,8,15H2,1H3. The second-order valence-corrected chi connectivity index (χ2v) is 4.18. The number of rotatable bonds is 0. The minimum absolute atomic E-state index is 0.622. The molecule has 4 heteroatoms. The van der Waals surface area contributed by atoms with Crippen molar-refractivity contribution in [2.24, 2.45) is 12.0 Å². The van der Waals surface area contributed by atoms with Gasteiger partial charge in [0.25, 0.3) is 0 Å². The maximum Gasteiger partial charge on any atom is 0.116 e. The Hall–Kier alpha value is -2.54. The number of aliphatic imine (C=N–C) groups is 1. The number of nitrogens with two attached hydrogens (primary N) is 1. The summed E-state index contributed by atoms with van der Waals surface area (Å²) in [5.41, 5.74) is 10.5. The van der Waals surface area contributed by atoms with E-state index in [4.69, 9.17) is 5.73 Å². The van der Waals surface area contributed by atoms with E-state index in [1.54, 1.807) is 12.5 Å². The molecule has 0 unspecified atom stereocenters. The van der Waals surface area contributed by atoms with Crippen molar-refractivity contribution in [1.82, 2.24) is 9.55 Å². The van der Waals surface area contributed by atoms with E-state index in [1.165, 1.54) is 0 Å². The first-order valence-electron chi connectivity index (χ1n) is 5.66. The van der Waals surface area contributed by atoms with Gasteiger partial charge in [0.05, 0.1) is 19.1 Å². The van der Waals surface area contributed by atoms with Gasteiger partial charge in [0.1, 0.15) is 11.4 Å². The van der Waals surface area contributed by atoms with E-state index in [2.05, 4.69) is 21.8 Å². The van der Waals surface area contributed by atoms with Crippen LogP contribution in [0.15, 0.2) is 35.7 Å². The van der Waals surface area contributed by atoms with Crippen molar-refractivity contribution >= 4 is 11.4 Å². The van der Waals surface area contributed by atoms with Crippen LogP contribution in [0, 0.1) is 11.8 Å². The molecule has 88 valence electrons. The van der Waals surface area contributed by atoms with Crippen LogP contribution < -0.4 is 5.73 Å². The topological polar surface area (TPSA) is 56.2 Å². The number of hydrogen-bond acceptors (Lipinski definition) is 3. The number of aromatic nitrogens is 2. The monoisotopic (exact) mass is 236 g/mol. The number of nitrogens with zero attached hydrogens (tertiary/aromatic N) is 3. The third kappa shape index (κ3) is 1.66. The lowest BCUT2D eigenvalue weighted by Crippen LogP contribution is -1.98. The Bertz CT molecular complexity index is 698. The quantitative estimate of drug-likeness (QED) is 0.554. The van der Waals surface area contributed by atoms with Crippen LogP contribution in [-0.2, 0) is 13.6 Å². The molecule has 1 aromatic heterocycles. The normalized spacial score (nSPS) is 12.6. The molecule has 0 fully saturated rings. The van der Waals surface area contributed by atoms with Gasteiger partial charge in [-0.15, -0.1) is 0 Å². The second-order valence-electron chi connectivity index (χ2n) is 4.18. The highest BCUT2D eigenvalue weighted by Crippen LogP contribution is 2.24. The third-order valence-electron chi connectivity index (χ3n) is 2.99. The fraction of sp³-hybridized carbons (Fsp3) is 0.143. The number of anilines is 1. The molecule has 1 aliphatic rings. The predicted octanol–water partition coefficient (Wildman–Crippen LogP) is 1.36. The van der Waals surface area contributed by atoms with Gasteiger partial charge in [0.2, 0.25) is 0 Å². The Labute approximate surface area is 105 Å². The highest BCUT2D eigenvalue weighted by molar-refractivity contribution is 6.16. The fourth-order valence-corrected chi connectivity index (χ4v) is 1.95. The number of aryl methyl sites for hydroxylation is 1. The zero-order valence-corrected chi connectivity index (χ0v) is 10.0. The zero-order chi connectivity index (χ0) is 12.5. The number of imidazole rings is 1. The molecule has 0 atom stereocenters. The summed E-state index contributed by atoms with van der Waals surface area (Å²) in [6.45, 7) is 0.622. The number of fused-ring (bicyclic) bond motifs is 1. The molecule has 4 nitrogen and oxygen atoms in total. The lowest BCUT2D eigenvalue weighted by molar-refractivity contribution is 0.899. The molecule has 0 aliphatic carbocycles. The lowest BCUT2D eigenvalue weighted by atomic mass is 10.0. The van der Waals surface area contributed by atoms with E-state index in [-0.39, 0.29) is 0 Å². The second kappa shape index (κ2) is 4.04. The van der Waals surface area contributed by atoms with Crippen LogP contribution in [0.5, 0.6) is 0 Å². The van der Waals surface area contributed by atoms with Crippen LogP contribution in [0.1, 0.15) is 16.8 Å². The first-order chi connectivity index (χ1) is 8.75. The molecular formula is C14H12N4. The van der Waals surface area contributed by atoms with Crippen LogP contribution in [0.25, 0.3) is 0 Å². The Morgan fingerprint density at radius 3 is 3.00 bits per heavy atom. The van der Waals surface area contributed by atoms with Crippen molar-refractivity contribution < 1.29 is 0 Å². The maximum atomic E-state index is 5.91. The van der Waals surface area contributed by atoms with E-state index in [9.17, 15) is 0 Å². The maximum absolute atomic E-state index is 5.91. The van der Waals surface area contributed by atoms with Crippen molar-refractivity contribution in [3.05, 3.63) is 47.5 Å². The molecule has 2 N–H and O–H groups in total. The van der Waals surface area contributed by atoms with Crippen LogP contribution in [-0.4, -0.2) is 15.3 Å². The molecule has 1 aromatic carbocycles. The Balaban J connectivity index is 1.97. The van der Waals surface area contributed by atoms with Gasteiger partial charge in [0, 0.05) is 23.9 Å². The predicted molar refractivity (Wildman–Crippen MR) is 71.2 cm³/mol. The van der Waals surface area contributed by atoms with E-state index < -0.39 is 0 Å². The first kappa shape index (κ1) is 10.6. The largest absolute Gasteiger partial charge is 0.398 e. The molecule has 2 heterocycles. The van der Waals surface area contributed by atoms with E-state index in [0.29, 0.717) is 6.54 Å². The van der Waals surface area contributed by atoms with Crippen molar-refractivity contribution in [3.8, 4) is 11.8 Å². The van der Waals surface area contributed by atoms with Gasteiger partial charge in [-0.1, -0.05) is 12.1 Å². The molecule has 0 spiro atoms. The molecule has 0 radical (unpaired) electrons. The van der Waals surface area contributed by atoms with Crippen molar-refractivity contribution in [2.75, 3.05) is 5.73 Å². The summed E-state index contributed by atoms with van der Waals surface area (Å²) in [5, 5.41) is 0. The van der Waals surface area contributed by atoms with Gasteiger partial charge in [0.15, 0.2) is 0 Å². The van der Waals surface area contributed by atoms with Crippen LogP contribution in [0.2, 0.25) is 0 Å². The van der Waals surface area contributed by atoms with Crippen LogP contribution >= 0.6 is 0 Å². The molecule has 1 aliphatic heterocycles. The van der Waals surface area contributed by atoms with Crippen molar-refractivity contribution in [2.45, 2.75) is 6.54 Å².